The van der Waals surface area contributed by atoms with Crippen LogP contribution in [-0.2, 0) is 0 Å². The van der Waals surface area contributed by atoms with Gasteiger partial charge >= 0.3 is 0 Å². The van der Waals surface area contributed by atoms with Crippen LogP contribution >= 0.6 is 11.5 Å². The molecule has 0 aromatic carbocycles. The Morgan fingerprint density at radius 3 is 2.40 bits per heavy atom. The molecule has 1 heterocycles. The van der Waals surface area contributed by atoms with Gasteiger partial charge in [-0.1, -0.05) is 0 Å². The molecule has 1 rings (SSSR count). The van der Waals surface area contributed by atoms with Crippen molar-refractivity contribution in [3.8, 4) is 0 Å². The second kappa shape index (κ2) is 5.74. The van der Waals surface area contributed by atoms with E-state index in [9.17, 15) is 4.79 Å². The van der Waals surface area contributed by atoms with E-state index in [1.807, 2.05) is 0 Å². The first-order valence-electron chi connectivity index (χ1n) is 4.50. The lowest BCUT2D eigenvalue weighted by atomic mass is 10.4. The van der Waals surface area contributed by atoms with Crippen molar-refractivity contribution in [1.82, 2.24) is 14.3 Å². The smallest absolute Gasteiger partial charge is 0.284 e. The Balaban J connectivity index is 2.71. The Morgan fingerprint density at radius 1 is 1.40 bits per heavy atom. The predicted octanol–water partition coefficient (Wildman–Crippen LogP) is -0.727. The van der Waals surface area contributed by atoms with Gasteiger partial charge in [0.05, 0.1) is 13.2 Å². The number of aliphatic hydroxyl groups excluding tert-OH is 2. The second-order valence-corrected chi connectivity index (χ2v) is 3.64. The number of carbonyl (C=O) groups excluding carboxylic acids is 1. The second-order valence-electron chi connectivity index (χ2n) is 2.89. The molecule has 7 heteroatoms. The molecule has 0 aliphatic rings. The lowest BCUT2D eigenvalue weighted by molar-refractivity contribution is 0.0684. The number of hydrogen-bond acceptors (Lipinski definition) is 6. The molecule has 1 aromatic heterocycles. The topological polar surface area (TPSA) is 86.6 Å². The monoisotopic (exact) mass is 231 g/mol. The molecule has 6 nitrogen and oxygen atoms in total. The van der Waals surface area contributed by atoms with E-state index in [0.717, 1.165) is 11.5 Å². The quantitative estimate of drug-likeness (QED) is 0.698. The highest BCUT2D eigenvalue weighted by molar-refractivity contribution is 7.07. The minimum absolute atomic E-state index is 0.135. The first kappa shape index (κ1) is 12.0. The number of rotatable bonds is 5. The molecule has 1 aromatic rings. The molecule has 0 bridgehead atoms. The van der Waals surface area contributed by atoms with Crippen LogP contribution in [0.2, 0.25) is 0 Å². The van der Waals surface area contributed by atoms with Crippen molar-refractivity contribution < 1.29 is 15.0 Å². The van der Waals surface area contributed by atoms with E-state index in [1.165, 1.54) is 4.90 Å². The standard InChI is InChI=1S/C8H13N3O3S/c1-6-9-7(15-10-6)8(14)11(2-4-12)3-5-13/h12-13H,2-5H2,1H3. The molecule has 0 spiro atoms. The Morgan fingerprint density at radius 2 is 2.00 bits per heavy atom. The summed E-state index contributed by atoms with van der Waals surface area (Å²) in [6.45, 7) is 1.82. The molecule has 2 N–H and O–H groups in total. The molecule has 0 atom stereocenters. The van der Waals surface area contributed by atoms with Crippen LogP contribution in [0.1, 0.15) is 15.6 Å². The molecule has 0 fully saturated rings. The van der Waals surface area contributed by atoms with Gasteiger partial charge in [0.2, 0.25) is 5.01 Å². The molecule has 84 valence electrons. The average molecular weight is 231 g/mol. The van der Waals surface area contributed by atoms with Gasteiger partial charge in [-0.25, -0.2) is 4.98 Å². The van der Waals surface area contributed by atoms with Gasteiger partial charge < -0.3 is 15.1 Å². The fraction of sp³-hybridized carbons (Fsp3) is 0.625. The van der Waals surface area contributed by atoms with Gasteiger partial charge in [0, 0.05) is 13.1 Å². The largest absolute Gasteiger partial charge is 0.395 e. The van der Waals surface area contributed by atoms with Crippen molar-refractivity contribution in [2.75, 3.05) is 26.3 Å². The number of aryl methyl sites for hydroxylation is 1. The summed E-state index contributed by atoms with van der Waals surface area (Å²) in [7, 11) is 0. The van der Waals surface area contributed by atoms with Crippen molar-refractivity contribution in [3.63, 3.8) is 0 Å². The molecular formula is C8H13N3O3S. The van der Waals surface area contributed by atoms with Crippen molar-refractivity contribution in [2.45, 2.75) is 6.92 Å². The number of carbonyl (C=O) groups is 1. The molecule has 0 radical (unpaired) electrons. The maximum Gasteiger partial charge on any atom is 0.284 e. The Labute approximate surface area is 91.4 Å². The summed E-state index contributed by atoms with van der Waals surface area (Å²) >= 11 is 1.02. The van der Waals surface area contributed by atoms with Crippen LogP contribution in [-0.4, -0.2) is 56.7 Å². The number of amides is 1. The third-order valence-corrected chi connectivity index (χ3v) is 2.53. The van der Waals surface area contributed by atoms with Crippen molar-refractivity contribution >= 4 is 17.4 Å². The molecule has 1 amide bonds. The number of aromatic nitrogens is 2. The van der Waals surface area contributed by atoms with E-state index in [2.05, 4.69) is 9.36 Å². The zero-order chi connectivity index (χ0) is 11.3. The zero-order valence-corrected chi connectivity index (χ0v) is 9.20. The molecular weight excluding hydrogens is 218 g/mol. The van der Waals surface area contributed by atoms with Crippen LogP contribution in [0.25, 0.3) is 0 Å². The van der Waals surface area contributed by atoms with Gasteiger partial charge in [0.25, 0.3) is 5.91 Å². The highest BCUT2D eigenvalue weighted by atomic mass is 32.1. The van der Waals surface area contributed by atoms with E-state index < -0.39 is 0 Å². The Hall–Kier alpha value is -1.05. The van der Waals surface area contributed by atoms with Crippen LogP contribution in [0, 0.1) is 6.92 Å². The van der Waals surface area contributed by atoms with Gasteiger partial charge in [0.15, 0.2) is 0 Å². The third-order valence-electron chi connectivity index (χ3n) is 1.74. The fourth-order valence-electron chi connectivity index (χ4n) is 1.08. The molecule has 0 aliphatic carbocycles. The summed E-state index contributed by atoms with van der Waals surface area (Å²) in [5.74, 6) is 0.250. The van der Waals surface area contributed by atoms with Crippen LogP contribution in [0.15, 0.2) is 0 Å². The molecule has 0 unspecified atom stereocenters. The van der Waals surface area contributed by atoms with Crippen LogP contribution < -0.4 is 0 Å². The van der Waals surface area contributed by atoms with Gasteiger partial charge in [-0.2, -0.15) is 4.37 Å². The van der Waals surface area contributed by atoms with Crippen molar-refractivity contribution in [2.24, 2.45) is 0 Å². The van der Waals surface area contributed by atoms with Crippen LogP contribution in [0.4, 0.5) is 0 Å². The minimum atomic E-state index is -0.302. The summed E-state index contributed by atoms with van der Waals surface area (Å²) in [6.07, 6.45) is 0. The van der Waals surface area contributed by atoms with E-state index in [4.69, 9.17) is 10.2 Å². The van der Waals surface area contributed by atoms with Crippen molar-refractivity contribution in [3.05, 3.63) is 10.8 Å². The highest BCUT2D eigenvalue weighted by Crippen LogP contribution is 2.07. The number of aliphatic hydroxyl groups is 2. The highest BCUT2D eigenvalue weighted by Gasteiger charge is 2.18. The fourth-order valence-corrected chi connectivity index (χ4v) is 1.72. The maximum atomic E-state index is 11.7. The van der Waals surface area contributed by atoms with Crippen LogP contribution in [0.5, 0.6) is 0 Å². The summed E-state index contributed by atoms with van der Waals surface area (Å²) < 4.78 is 3.90. The van der Waals surface area contributed by atoms with Gasteiger partial charge in [-0.3, -0.25) is 4.79 Å². The minimum Gasteiger partial charge on any atom is -0.395 e. The SMILES string of the molecule is Cc1nsc(C(=O)N(CCO)CCO)n1. The first-order valence-corrected chi connectivity index (χ1v) is 5.27. The number of hydrogen-bond donors (Lipinski definition) is 2. The number of nitrogens with zero attached hydrogens (tertiary/aromatic N) is 3. The lowest BCUT2D eigenvalue weighted by Crippen LogP contribution is -2.35. The van der Waals surface area contributed by atoms with Crippen molar-refractivity contribution in [1.29, 1.82) is 0 Å². The molecule has 0 saturated carbocycles. The van der Waals surface area contributed by atoms with E-state index in [1.54, 1.807) is 6.92 Å². The summed E-state index contributed by atoms with van der Waals surface area (Å²) in [5.41, 5.74) is 0. The predicted molar refractivity (Wildman–Crippen MR) is 54.7 cm³/mol. The Kier molecular flexibility index (Phi) is 4.60. The van der Waals surface area contributed by atoms with Crippen LogP contribution in [0.3, 0.4) is 0 Å². The average Bonchev–Trinajstić information content (AvgIpc) is 2.63. The lowest BCUT2D eigenvalue weighted by Gasteiger charge is -2.18. The zero-order valence-electron chi connectivity index (χ0n) is 8.38. The molecule has 0 saturated heterocycles. The summed E-state index contributed by atoms with van der Waals surface area (Å²) in [6, 6.07) is 0. The van der Waals surface area contributed by atoms with E-state index in [0.29, 0.717) is 5.82 Å². The molecule has 15 heavy (non-hydrogen) atoms. The van der Waals surface area contributed by atoms with E-state index in [-0.39, 0.29) is 37.2 Å². The van der Waals surface area contributed by atoms with Gasteiger partial charge in [-0.05, 0) is 18.5 Å². The van der Waals surface area contributed by atoms with Gasteiger partial charge in [-0.15, -0.1) is 0 Å². The Bertz CT molecular complexity index is 323. The molecule has 0 aliphatic heterocycles. The summed E-state index contributed by atoms with van der Waals surface area (Å²) in [4.78, 5) is 17.0. The van der Waals surface area contributed by atoms with Gasteiger partial charge in [0.1, 0.15) is 5.82 Å². The summed E-state index contributed by atoms with van der Waals surface area (Å²) in [5, 5.41) is 17.8. The van der Waals surface area contributed by atoms with E-state index >= 15 is 0 Å². The maximum absolute atomic E-state index is 11.7. The normalized spacial score (nSPS) is 10.3. The third kappa shape index (κ3) is 3.22. The first-order chi connectivity index (χ1) is 7.19.